The molecule has 0 saturated carbocycles. The van der Waals surface area contributed by atoms with Gasteiger partial charge in [0.2, 0.25) is 0 Å². The first-order chi connectivity index (χ1) is 5.85. The predicted molar refractivity (Wildman–Crippen MR) is 54.0 cm³/mol. The van der Waals surface area contributed by atoms with Crippen molar-refractivity contribution in [1.29, 1.82) is 0 Å². The van der Waals surface area contributed by atoms with Gasteiger partial charge < -0.3 is 4.74 Å². The van der Waals surface area contributed by atoms with Gasteiger partial charge >= 0.3 is 0 Å². The minimum Gasteiger partial charge on any atom is -0.494 e. The van der Waals surface area contributed by atoms with Crippen LogP contribution in [0.25, 0.3) is 0 Å². The smallest absolute Gasteiger partial charge is 0.114 e. The van der Waals surface area contributed by atoms with Crippen molar-refractivity contribution in [3.05, 3.63) is 24.0 Å². The fourth-order valence-electron chi connectivity index (χ4n) is 0.796. The van der Waals surface area contributed by atoms with E-state index in [2.05, 4.69) is 19.9 Å². The fraction of sp³-hybridized carbons (Fsp3) is 0.636. The van der Waals surface area contributed by atoms with Gasteiger partial charge in [-0.25, -0.2) is 0 Å². The molecule has 0 aliphatic carbocycles. The highest BCUT2D eigenvalue weighted by atomic mass is 16.5. The summed E-state index contributed by atoms with van der Waals surface area (Å²) in [7, 11) is 0. The first-order valence-electron chi connectivity index (χ1n) is 4.80. The van der Waals surface area contributed by atoms with Gasteiger partial charge in [0.15, 0.2) is 0 Å². The van der Waals surface area contributed by atoms with Gasteiger partial charge in [-0.15, -0.1) is 0 Å². The van der Waals surface area contributed by atoms with Gasteiger partial charge in [0.1, 0.15) is 5.76 Å². The highest BCUT2D eigenvalue weighted by Crippen LogP contribution is 2.02. The molecule has 0 atom stereocenters. The van der Waals surface area contributed by atoms with E-state index in [0.717, 1.165) is 25.2 Å². The Labute approximate surface area is 76.1 Å². The zero-order chi connectivity index (χ0) is 9.23. The van der Waals surface area contributed by atoms with E-state index in [-0.39, 0.29) is 0 Å². The molecule has 0 unspecified atom stereocenters. The maximum Gasteiger partial charge on any atom is 0.114 e. The van der Waals surface area contributed by atoms with Gasteiger partial charge in [-0.05, 0) is 31.9 Å². The molecule has 0 rings (SSSR count). The Morgan fingerprint density at radius 1 is 1.33 bits per heavy atom. The maximum absolute atomic E-state index is 5.51. The molecule has 0 aliphatic rings. The van der Waals surface area contributed by atoms with Crippen LogP contribution in [0.1, 0.15) is 40.0 Å². The van der Waals surface area contributed by atoms with E-state index in [1.54, 1.807) is 0 Å². The van der Waals surface area contributed by atoms with Crippen LogP contribution in [0.15, 0.2) is 24.0 Å². The molecule has 12 heavy (non-hydrogen) atoms. The lowest BCUT2D eigenvalue weighted by atomic mass is 10.3. The highest BCUT2D eigenvalue weighted by molar-refractivity contribution is 5.10. The third kappa shape index (κ3) is 6.02. The normalized spacial score (nSPS) is 12.4. The summed E-state index contributed by atoms with van der Waals surface area (Å²) >= 11 is 0. The molecular weight excluding hydrogens is 148 g/mol. The molecule has 0 aromatic carbocycles. The number of hydrogen-bond donors (Lipinski definition) is 0. The van der Waals surface area contributed by atoms with Crippen LogP contribution < -0.4 is 0 Å². The second kappa shape index (κ2) is 8.38. The summed E-state index contributed by atoms with van der Waals surface area (Å²) in [6, 6.07) is 0. The average molecular weight is 168 g/mol. The molecule has 0 aromatic rings. The van der Waals surface area contributed by atoms with Crippen LogP contribution >= 0.6 is 0 Å². The van der Waals surface area contributed by atoms with E-state index in [1.165, 1.54) is 6.42 Å². The Morgan fingerprint density at radius 2 is 2.08 bits per heavy atom. The molecule has 0 radical (unpaired) electrons. The van der Waals surface area contributed by atoms with Crippen molar-refractivity contribution in [2.24, 2.45) is 0 Å². The van der Waals surface area contributed by atoms with Crippen molar-refractivity contribution >= 4 is 0 Å². The number of ether oxygens (including phenoxy) is 1. The number of allylic oxidation sites excluding steroid dienone is 3. The topological polar surface area (TPSA) is 9.23 Å². The van der Waals surface area contributed by atoms with Gasteiger partial charge in [0, 0.05) is 0 Å². The van der Waals surface area contributed by atoms with Crippen LogP contribution in [0.4, 0.5) is 0 Å². The lowest BCUT2D eigenvalue weighted by Crippen LogP contribution is -1.91. The zero-order valence-corrected chi connectivity index (χ0v) is 8.47. The zero-order valence-electron chi connectivity index (χ0n) is 8.47. The van der Waals surface area contributed by atoms with Gasteiger partial charge in [-0.3, -0.25) is 0 Å². The standard InChI is InChI=1S/C11H20O/c1-4-7-9-11(6-3)12-10-8-5-2/h6-7,9H,4-5,8,10H2,1-3H3/b9-7-,11-6+. The Morgan fingerprint density at radius 3 is 2.58 bits per heavy atom. The van der Waals surface area contributed by atoms with Crippen molar-refractivity contribution in [1.82, 2.24) is 0 Å². The van der Waals surface area contributed by atoms with Crippen LogP contribution in [0.3, 0.4) is 0 Å². The van der Waals surface area contributed by atoms with E-state index in [4.69, 9.17) is 4.74 Å². The molecule has 0 saturated heterocycles. The molecule has 70 valence electrons. The molecule has 0 aliphatic heterocycles. The third-order valence-corrected chi connectivity index (χ3v) is 1.57. The molecule has 0 fully saturated rings. The summed E-state index contributed by atoms with van der Waals surface area (Å²) in [5, 5.41) is 0. The van der Waals surface area contributed by atoms with Crippen molar-refractivity contribution in [3.8, 4) is 0 Å². The lowest BCUT2D eigenvalue weighted by molar-refractivity contribution is 0.219. The minimum absolute atomic E-state index is 0.838. The van der Waals surface area contributed by atoms with Crippen molar-refractivity contribution in [2.45, 2.75) is 40.0 Å². The van der Waals surface area contributed by atoms with Crippen LogP contribution in [0, 0.1) is 0 Å². The van der Waals surface area contributed by atoms with Gasteiger partial charge in [-0.2, -0.15) is 0 Å². The average Bonchev–Trinajstić information content (AvgIpc) is 2.11. The summed E-state index contributed by atoms with van der Waals surface area (Å²) in [6.45, 7) is 7.13. The second-order valence-electron chi connectivity index (χ2n) is 2.70. The molecule has 0 N–H and O–H groups in total. The van der Waals surface area contributed by atoms with Crippen LogP contribution in [0.5, 0.6) is 0 Å². The van der Waals surface area contributed by atoms with E-state index in [0.29, 0.717) is 0 Å². The van der Waals surface area contributed by atoms with Gasteiger partial charge in [0.05, 0.1) is 6.61 Å². The quantitative estimate of drug-likeness (QED) is 0.334. The van der Waals surface area contributed by atoms with Crippen molar-refractivity contribution in [2.75, 3.05) is 6.61 Å². The molecule has 0 heterocycles. The molecule has 1 nitrogen and oxygen atoms in total. The van der Waals surface area contributed by atoms with E-state index >= 15 is 0 Å². The maximum atomic E-state index is 5.51. The number of rotatable bonds is 6. The summed E-state index contributed by atoms with van der Waals surface area (Å²) in [4.78, 5) is 0. The number of unbranched alkanes of at least 4 members (excludes halogenated alkanes) is 1. The largest absolute Gasteiger partial charge is 0.494 e. The van der Waals surface area contributed by atoms with Crippen LogP contribution in [-0.2, 0) is 4.74 Å². The molecule has 1 heteroatoms. The van der Waals surface area contributed by atoms with Gasteiger partial charge in [-0.1, -0.05) is 26.3 Å². The van der Waals surface area contributed by atoms with Crippen LogP contribution in [-0.4, -0.2) is 6.61 Å². The minimum atomic E-state index is 0.838. The van der Waals surface area contributed by atoms with Gasteiger partial charge in [0.25, 0.3) is 0 Å². The predicted octanol–water partition coefficient (Wildman–Crippen LogP) is 3.67. The molecule has 0 bridgehead atoms. The molecule has 0 spiro atoms. The SMILES string of the molecule is C/C=C(\C=C/CC)OCCCC. The highest BCUT2D eigenvalue weighted by Gasteiger charge is 1.89. The Hall–Kier alpha value is -0.720. The molecule has 0 amide bonds. The first-order valence-corrected chi connectivity index (χ1v) is 4.80. The fourth-order valence-corrected chi connectivity index (χ4v) is 0.796. The summed E-state index contributed by atoms with van der Waals surface area (Å²) < 4.78 is 5.51. The Balaban J connectivity index is 3.62. The monoisotopic (exact) mass is 168 g/mol. The Kier molecular flexibility index (Phi) is 7.87. The lowest BCUT2D eigenvalue weighted by Gasteiger charge is -2.04. The number of hydrogen-bond acceptors (Lipinski definition) is 1. The molecular formula is C11H20O. The summed E-state index contributed by atoms with van der Waals surface area (Å²) in [5.41, 5.74) is 0. The molecule has 0 aromatic heterocycles. The third-order valence-electron chi connectivity index (χ3n) is 1.57. The van der Waals surface area contributed by atoms with E-state index in [1.807, 2.05) is 19.1 Å². The van der Waals surface area contributed by atoms with Crippen molar-refractivity contribution in [3.63, 3.8) is 0 Å². The van der Waals surface area contributed by atoms with E-state index < -0.39 is 0 Å². The first kappa shape index (κ1) is 11.3. The summed E-state index contributed by atoms with van der Waals surface area (Å²) in [5.74, 6) is 0.991. The van der Waals surface area contributed by atoms with Crippen LogP contribution in [0.2, 0.25) is 0 Å². The van der Waals surface area contributed by atoms with E-state index in [9.17, 15) is 0 Å². The van der Waals surface area contributed by atoms with Crippen molar-refractivity contribution < 1.29 is 4.74 Å². The Bertz CT molecular complexity index is 145. The summed E-state index contributed by atoms with van der Waals surface area (Å²) in [6.07, 6.45) is 9.54. The second-order valence-corrected chi connectivity index (χ2v) is 2.70.